The van der Waals surface area contributed by atoms with Gasteiger partial charge in [-0.2, -0.15) is 0 Å². The first kappa shape index (κ1) is 20.5. The van der Waals surface area contributed by atoms with E-state index in [-0.39, 0.29) is 12.9 Å². The number of amides is 1. The number of rotatable bonds is 5. The third kappa shape index (κ3) is 3.37. The second kappa shape index (κ2) is 7.48. The topological polar surface area (TPSA) is 78.1 Å². The molecule has 7 nitrogen and oxygen atoms in total. The summed E-state index contributed by atoms with van der Waals surface area (Å²) in [6.07, 6.45) is 0.422. The van der Waals surface area contributed by atoms with E-state index in [0.29, 0.717) is 40.9 Å². The Hall–Kier alpha value is -3.07. The fourth-order valence-electron chi connectivity index (χ4n) is 5.04. The Labute approximate surface area is 189 Å². The van der Waals surface area contributed by atoms with Gasteiger partial charge in [0.15, 0.2) is 11.5 Å². The molecule has 174 valence electrons. The van der Waals surface area contributed by atoms with Crippen molar-refractivity contribution in [2.75, 3.05) is 27.0 Å². The zero-order valence-electron chi connectivity index (χ0n) is 18.0. The van der Waals surface area contributed by atoms with E-state index in [1.165, 1.54) is 0 Å². The molecule has 0 bridgehead atoms. The van der Waals surface area contributed by atoms with Gasteiger partial charge in [0.25, 0.3) is 5.92 Å². The highest BCUT2D eigenvalue weighted by molar-refractivity contribution is 5.86. The van der Waals surface area contributed by atoms with E-state index >= 15 is 0 Å². The molecule has 3 aliphatic heterocycles. The maximum Gasteiger partial charge on any atom is 0.268 e. The summed E-state index contributed by atoms with van der Waals surface area (Å²) in [5.41, 5.74) is 1.15. The molecule has 3 heterocycles. The van der Waals surface area contributed by atoms with Crippen LogP contribution in [-0.4, -0.2) is 44.9 Å². The summed E-state index contributed by atoms with van der Waals surface area (Å²) in [5, 5.41) is 6.13. The molecule has 4 aliphatic rings. The van der Waals surface area contributed by atoms with Gasteiger partial charge in [-0.1, -0.05) is 6.07 Å². The molecule has 2 aromatic carbocycles. The van der Waals surface area contributed by atoms with Crippen molar-refractivity contribution in [2.45, 2.75) is 30.4 Å². The third-order valence-corrected chi connectivity index (χ3v) is 7.09. The van der Waals surface area contributed by atoms with Crippen LogP contribution in [-0.2, 0) is 4.79 Å². The molecule has 0 spiro atoms. The highest BCUT2D eigenvalue weighted by Gasteiger charge is 2.72. The molecule has 4 atom stereocenters. The number of hydrogen-bond acceptors (Lipinski definition) is 6. The van der Waals surface area contributed by atoms with Crippen LogP contribution in [0.25, 0.3) is 0 Å². The summed E-state index contributed by atoms with van der Waals surface area (Å²) in [6.45, 7) is 1.73. The van der Waals surface area contributed by atoms with Crippen molar-refractivity contribution in [3.63, 3.8) is 0 Å². The maximum atomic E-state index is 14.8. The fraction of sp³-hybridized carbons (Fsp3) is 0.458. The van der Waals surface area contributed by atoms with Crippen molar-refractivity contribution in [1.82, 2.24) is 10.6 Å². The molecule has 33 heavy (non-hydrogen) atoms. The molecule has 1 saturated heterocycles. The highest BCUT2D eigenvalue weighted by atomic mass is 19.3. The van der Waals surface area contributed by atoms with E-state index in [9.17, 15) is 13.6 Å². The number of carbonyl (C=O) groups excluding carboxylic acids is 1. The predicted octanol–water partition coefficient (Wildman–Crippen LogP) is 3.00. The zero-order chi connectivity index (χ0) is 22.7. The van der Waals surface area contributed by atoms with Crippen molar-refractivity contribution in [1.29, 1.82) is 0 Å². The van der Waals surface area contributed by atoms with Crippen LogP contribution < -0.4 is 29.6 Å². The van der Waals surface area contributed by atoms with Gasteiger partial charge in [-0.15, -0.1) is 0 Å². The minimum absolute atomic E-state index is 0.0649. The normalized spacial score (nSPS) is 28.8. The summed E-state index contributed by atoms with van der Waals surface area (Å²) >= 11 is 0. The van der Waals surface area contributed by atoms with Crippen molar-refractivity contribution >= 4 is 5.91 Å². The first-order chi connectivity index (χ1) is 16.0. The highest BCUT2D eigenvalue weighted by Crippen LogP contribution is 2.62. The summed E-state index contributed by atoms with van der Waals surface area (Å²) in [5.74, 6) is -3.86. The van der Waals surface area contributed by atoms with Gasteiger partial charge in [-0.3, -0.25) is 4.79 Å². The molecule has 6 rings (SSSR count). The molecule has 4 unspecified atom stereocenters. The number of methoxy groups -OCH3 is 1. The Balaban J connectivity index is 1.23. The quantitative estimate of drug-likeness (QED) is 0.718. The lowest BCUT2D eigenvalue weighted by Crippen LogP contribution is -2.52. The number of ether oxygens (including phenoxy) is 4. The van der Waals surface area contributed by atoms with E-state index in [1.54, 1.807) is 37.4 Å². The Morgan fingerprint density at radius 2 is 1.94 bits per heavy atom. The molecule has 1 amide bonds. The number of benzene rings is 2. The first-order valence-electron chi connectivity index (χ1n) is 11.1. The van der Waals surface area contributed by atoms with Gasteiger partial charge in [-0.05, 0) is 29.8 Å². The van der Waals surface area contributed by atoms with Crippen LogP contribution in [0.1, 0.15) is 29.5 Å². The van der Waals surface area contributed by atoms with Crippen molar-refractivity contribution in [3.05, 3.63) is 47.5 Å². The third-order valence-electron chi connectivity index (χ3n) is 7.09. The van der Waals surface area contributed by atoms with Gasteiger partial charge in [-0.25, -0.2) is 8.78 Å². The van der Waals surface area contributed by atoms with Crippen LogP contribution in [0.15, 0.2) is 36.4 Å². The van der Waals surface area contributed by atoms with Crippen LogP contribution in [0, 0.1) is 11.8 Å². The van der Waals surface area contributed by atoms with E-state index in [2.05, 4.69) is 10.6 Å². The average Bonchev–Trinajstić information content (AvgIpc) is 3.09. The minimum atomic E-state index is -3.12. The van der Waals surface area contributed by atoms with Crippen LogP contribution in [0.5, 0.6) is 23.0 Å². The number of fused-ring (bicyclic) bond motifs is 2. The largest absolute Gasteiger partial charge is 0.497 e. The number of hydrogen-bond donors (Lipinski definition) is 2. The fourth-order valence-corrected chi connectivity index (χ4v) is 5.04. The molecule has 2 aromatic rings. The maximum absolute atomic E-state index is 14.8. The number of nitrogens with one attached hydrogen (secondary N) is 2. The number of halogens is 2. The van der Waals surface area contributed by atoms with Crippen LogP contribution in [0.3, 0.4) is 0 Å². The summed E-state index contributed by atoms with van der Waals surface area (Å²) in [6, 6.07) is 9.72. The zero-order valence-corrected chi connectivity index (χ0v) is 18.0. The Morgan fingerprint density at radius 3 is 2.70 bits per heavy atom. The smallest absolute Gasteiger partial charge is 0.268 e. The Kier molecular flexibility index (Phi) is 4.65. The number of alkyl halides is 2. The van der Waals surface area contributed by atoms with Gasteiger partial charge < -0.3 is 29.6 Å². The van der Waals surface area contributed by atoms with E-state index in [4.69, 9.17) is 18.9 Å². The van der Waals surface area contributed by atoms with E-state index in [0.717, 1.165) is 18.7 Å². The van der Waals surface area contributed by atoms with Crippen molar-refractivity contribution in [2.24, 2.45) is 11.8 Å². The van der Waals surface area contributed by atoms with Crippen LogP contribution in [0.4, 0.5) is 8.78 Å². The van der Waals surface area contributed by atoms with E-state index in [1.807, 2.05) is 6.07 Å². The number of carbonyl (C=O) groups is 1. The SMILES string of the molecule is COc1ccc2c(c1)OC(C1CNC1)CC2NC(=O)C1C(c2ccc3c(c2)OCO3)C1(F)F. The van der Waals surface area contributed by atoms with Crippen molar-refractivity contribution in [3.8, 4) is 23.0 Å². The molecule has 1 saturated carbocycles. The summed E-state index contributed by atoms with van der Waals surface area (Å²) in [7, 11) is 1.57. The molecule has 2 N–H and O–H groups in total. The second-order valence-electron chi connectivity index (χ2n) is 9.02. The van der Waals surface area contributed by atoms with Gasteiger partial charge >= 0.3 is 0 Å². The first-order valence-corrected chi connectivity index (χ1v) is 11.1. The second-order valence-corrected chi connectivity index (χ2v) is 9.02. The standard InChI is InChI=1S/C24H24F2N2O5/c1-30-14-3-4-15-16(8-18(13-9-27-10-13)33-19(15)7-14)28-23(29)22-21(24(22,25)26)12-2-5-17-20(6-12)32-11-31-17/h2-7,13,16,18,21-22,27H,8-11H2,1H3,(H,28,29). The lowest BCUT2D eigenvalue weighted by Gasteiger charge is -2.40. The van der Waals surface area contributed by atoms with Gasteiger partial charge in [0.05, 0.1) is 19.1 Å². The molecular formula is C24H24F2N2O5. The molecule has 9 heteroatoms. The van der Waals surface area contributed by atoms with Gasteiger partial charge in [0.2, 0.25) is 12.7 Å². The van der Waals surface area contributed by atoms with Crippen LogP contribution >= 0.6 is 0 Å². The lowest BCUT2D eigenvalue weighted by atomic mass is 9.86. The summed E-state index contributed by atoms with van der Waals surface area (Å²) < 4.78 is 51.6. The average molecular weight is 458 g/mol. The van der Waals surface area contributed by atoms with Crippen molar-refractivity contribution < 1.29 is 32.5 Å². The monoisotopic (exact) mass is 458 g/mol. The van der Waals surface area contributed by atoms with Crippen LogP contribution in [0.2, 0.25) is 0 Å². The van der Waals surface area contributed by atoms with Gasteiger partial charge in [0.1, 0.15) is 23.5 Å². The molecule has 1 aliphatic carbocycles. The summed E-state index contributed by atoms with van der Waals surface area (Å²) in [4.78, 5) is 13.1. The molecular weight excluding hydrogens is 434 g/mol. The minimum Gasteiger partial charge on any atom is -0.497 e. The Bertz CT molecular complexity index is 1110. The molecule has 2 fully saturated rings. The lowest BCUT2D eigenvalue weighted by molar-refractivity contribution is -0.125. The molecule has 0 aromatic heterocycles. The van der Waals surface area contributed by atoms with E-state index < -0.39 is 29.7 Å². The van der Waals surface area contributed by atoms with Gasteiger partial charge in [0, 0.05) is 37.1 Å². The molecule has 0 radical (unpaired) electrons. The predicted molar refractivity (Wildman–Crippen MR) is 113 cm³/mol. The Morgan fingerprint density at radius 1 is 1.12 bits per heavy atom.